The molecular weight excluding hydrogens is 528 g/mol. The Morgan fingerprint density at radius 2 is 1.80 bits per heavy atom. The van der Waals surface area contributed by atoms with Gasteiger partial charge >= 0.3 is 0 Å². The fourth-order valence-corrected chi connectivity index (χ4v) is 5.85. The van der Waals surface area contributed by atoms with Gasteiger partial charge in [-0.25, -0.2) is 9.17 Å². The predicted octanol–water partition coefficient (Wildman–Crippen LogP) is 6.33. The molecular formula is C31H34N2O6S. The van der Waals surface area contributed by atoms with Crippen molar-refractivity contribution < 1.29 is 26.8 Å². The van der Waals surface area contributed by atoms with Crippen molar-refractivity contribution >= 4 is 26.7 Å². The Morgan fingerprint density at radius 1 is 0.975 bits per heavy atom. The minimum atomic E-state index is -3.96. The van der Waals surface area contributed by atoms with E-state index in [-0.39, 0.29) is 4.90 Å². The predicted molar refractivity (Wildman–Crippen MR) is 155 cm³/mol. The van der Waals surface area contributed by atoms with Crippen LogP contribution < -0.4 is 14.8 Å². The normalized spacial score (nSPS) is 15.6. The molecule has 0 aliphatic carbocycles. The van der Waals surface area contributed by atoms with E-state index in [0.29, 0.717) is 44.0 Å². The second-order valence-electron chi connectivity index (χ2n) is 9.65. The van der Waals surface area contributed by atoms with Crippen LogP contribution in [0.25, 0.3) is 22.2 Å². The van der Waals surface area contributed by atoms with Crippen LogP contribution in [-0.2, 0) is 19.0 Å². The second-order valence-corrected chi connectivity index (χ2v) is 11.2. The van der Waals surface area contributed by atoms with E-state index in [4.69, 9.17) is 23.4 Å². The fourth-order valence-electron chi connectivity index (χ4n) is 4.59. The van der Waals surface area contributed by atoms with Gasteiger partial charge in [-0.3, -0.25) is 0 Å². The number of hydrogen-bond acceptors (Lipinski definition) is 8. The van der Waals surface area contributed by atoms with Crippen molar-refractivity contribution in [3.05, 3.63) is 78.4 Å². The van der Waals surface area contributed by atoms with Crippen molar-refractivity contribution in [1.29, 1.82) is 0 Å². The highest BCUT2D eigenvalue weighted by molar-refractivity contribution is 7.86. The molecule has 0 radical (unpaired) electrons. The molecule has 1 fully saturated rings. The molecule has 5 rings (SSSR count). The van der Waals surface area contributed by atoms with Gasteiger partial charge in [0.2, 0.25) is 0 Å². The number of fused-ring (bicyclic) bond motifs is 1. The molecule has 1 aliphatic heterocycles. The van der Waals surface area contributed by atoms with Gasteiger partial charge in [0.1, 0.15) is 16.4 Å². The minimum absolute atomic E-state index is 0.0957. The van der Waals surface area contributed by atoms with Crippen LogP contribution in [0.3, 0.4) is 0 Å². The lowest BCUT2D eigenvalue weighted by Gasteiger charge is -2.22. The number of pyridine rings is 1. The van der Waals surface area contributed by atoms with Gasteiger partial charge in [-0.1, -0.05) is 24.3 Å². The molecule has 1 aliphatic rings. The topological polar surface area (TPSA) is 96.0 Å². The van der Waals surface area contributed by atoms with E-state index >= 15 is 0 Å². The van der Waals surface area contributed by atoms with Crippen LogP contribution >= 0.6 is 0 Å². The Labute approximate surface area is 235 Å². The molecule has 1 unspecified atom stereocenters. The Balaban J connectivity index is 1.14. The molecule has 0 spiro atoms. The quantitative estimate of drug-likeness (QED) is 0.167. The summed E-state index contributed by atoms with van der Waals surface area (Å²) in [6.07, 6.45) is 2.25. The highest BCUT2D eigenvalue weighted by Gasteiger charge is 2.26. The summed E-state index contributed by atoms with van der Waals surface area (Å²) in [4.78, 5) is 4.89. The van der Waals surface area contributed by atoms with E-state index in [1.54, 1.807) is 19.1 Å². The third-order valence-corrected chi connectivity index (χ3v) is 8.27. The Bertz CT molecular complexity index is 1550. The van der Waals surface area contributed by atoms with Gasteiger partial charge in [0.25, 0.3) is 10.1 Å². The van der Waals surface area contributed by atoms with Crippen LogP contribution in [0.5, 0.6) is 11.5 Å². The van der Waals surface area contributed by atoms with Crippen LogP contribution in [0.4, 0.5) is 5.69 Å². The average Bonchev–Trinajstić information content (AvgIpc) is 2.97. The lowest BCUT2D eigenvalue weighted by atomic mass is 10.1. The van der Waals surface area contributed by atoms with Crippen molar-refractivity contribution in [2.24, 2.45) is 0 Å². The van der Waals surface area contributed by atoms with Crippen molar-refractivity contribution in [2.75, 3.05) is 32.2 Å². The summed E-state index contributed by atoms with van der Waals surface area (Å²) in [7, 11) is -2.06. The molecule has 3 aromatic carbocycles. The molecule has 0 amide bonds. The van der Waals surface area contributed by atoms with Crippen LogP contribution in [0.15, 0.2) is 77.7 Å². The zero-order valence-corrected chi connectivity index (χ0v) is 23.6. The maximum absolute atomic E-state index is 12.8. The van der Waals surface area contributed by atoms with Crippen molar-refractivity contribution in [2.45, 2.75) is 43.8 Å². The van der Waals surface area contributed by atoms with E-state index in [9.17, 15) is 8.42 Å². The molecule has 2 heterocycles. The van der Waals surface area contributed by atoms with Crippen LogP contribution in [0, 0.1) is 6.92 Å². The summed E-state index contributed by atoms with van der Waals surface area (Å²) in [5, 5.41) is 4.12. The first-order valence-corrected chi connectivity index (χ1v) is 14.9. The van der Waals surface area contributed by atoms with Gasteiger partial charge in [-0.15, -0.1) is 0 Å². The van der Waals surface area contributed by atoms with Gasteiger partial charge in [-0.2, -0.15) is 8.42 Å². The number of nitrogens with one attached hydrogen (secondary N) is 1. The number of anilines is 1. The number of ether oxygens (including phenoxy) is 3. The maximum atomic E-state index is 12.8. The molecule has 9 heteroatoms. The Kier molecular flexibility index (Phi) is 8.84. The summed E-state index contributed by atoms with van der Waals surface area (Å²) < 4.78 is 48.3. The molecule has 1 saturated heterocycles. The number of rotatable bonds is 11. The smallest absolute Gasteiger partial charge is 0.299 e. The second kappa shape index (κ2) is 12.7. The van der Waals surface area contributed by atoms with Crippen molar-refractivity contribution in [1.82, 2.24) is 4.98 Å². The molecule has 1 atom stereocenters. The summed E-state index contributed by atoms with van der Waals surface area (Å²) in [6, 6.07) is 23.0. The van der Waals surface area contributed by atoms with Crippen molar-refractivity contribution in [3.8, 4) is 22.8 Å². The number of benzene rings is 3. The molecule has 1 N–H and O–H groups in total. The van der Waals surface area contributed by atoms with E-state index in [0.717, 1.165) is 46.4 Å². The van der Waals surface area contributed by atoms with Gasteiger partial charge in [0, 0.05) is 42.3 Å². The Morgan fingerprint density at radius 3 is 2.58 bits per heavy atom. The molecule has 40 heavy (non-hydrogen) atoms. The van der Waals surface area contributed by atoms with E-state index < -0.39 is 16.4 Å². The largest absolute Gasteiger partial charge is 0.493 e. The summed E-state index contributed by atoms with van der Waals surface area (Å²) in [5.74, 6) is 1.26. The minimum Gasteiger partial charge on any atom is -0.493 e. The molecule has 0 saturated carbocycles. The monoisotopic (exact) mass is 562 g/mol. The highest BCUT2D eigenvalue weighted by Crippen LogP contribution is 2.29. The first-order valence-electron chi connectivity index (χ1n) is 13.5. The van der Waals surface area contributed by atoms with Gasteiger partial charge < -0.3 is 19.5 Å². The summed E-state index contributed by atoms with van der Waals surface area (Å²) >= 11 is 0. The van der Waals surface area contributed by atoms with E-state index in [2.05, 4.69) is 17.4 Å². The molecule has 4 aromatic rings. The molecule has 210 valence electrons. The Hall–Kier alpha value is -3.66. The van der Waals surface area contributed by atoms with Gasteiger partial charge in [-0.05, 0) is 74.7 Å². The fraction of sp³-hybridized carbons (Fsp3) is 0.323. The third kappa shape index (κ3) is 6.72. The van der Waals surface area contributed by atoms with Crippen LogP contribution in [0.1, 0.15) is 31.2 Å². The third-order valence-electron chi connectivity index (χ3n) is 6.82. The van der Waals surface area contributed by atoms with E-state index in [1.165, 1.54) is 6.07 Å². The SMILES string of the molecule is CNc1ccc(-c2ccc3cc(OCCCOc4cccc(S(=O)(=O)OC5CCCCO5)c4C)ccc3n2)cc1. The van der Waals surface area contributed by atoms with Crippen molar-refractivity contribution in [3.63, 3.8) is 0 Å². The molecule has 0 bridgehead atoms. The standard InChI is InChI=1S/C31H34N2O6S/c1-22-29(7-5-8-30(22)40(34,35)39-31-9-3-4-18-38-31)37-20-6-19-36-26-15-17-28-24(21-26)12-16-27(33-28)23-10-13-25(32-2)14-11-23/h5,7-8,10-17,21,31-32H,3-4,6,9,18-20H2,1-2H3. The van der Waals surface area contributed by atoms with E-state index in [1.807, 2.05) is 49.5 Å². The zero-order chi connectivity index (χ0) is 28.0. The molecule has 8 nitrogen and oxygen atoms in total. The van der Waals surface area contributed by atoms with Gasteiger partial charge in [0.05, 0.1) is 24.4 Å². The number of hydrogen-bond donors (Lipinski definition) is 1. The lowest BCUT2D eigenvalue weighted by Crippen LogP contribution is -2.25. The average molecular weight is 563 g/mol. The number of aromatic nitrogens is 1. The highest BCUT2D eigenvalue weighted by atomic mass is 32.2. The van der Waals surface area contributed by atoms with Gasteiger partial charge in [0.15, 0.2) is 6.29 Å². The first-order chi connectivity index (χ1) is 19.4. The lowest BCUT2D eigenvalue weighted by molar-refractivity contribution is -0.102. The number of nitrogens with zero attached hydrogens (tertiary/aromatic N) is 1. The van der Waals surface area contributed by atoms with Crippen LogP contribution in [0.2, 0.25) is 0 Å². The van der Waals surface area contributed by atoms with Crippen LogP contribution in [-0.4, -0.2) is 46.6 Å². The molecule has 1 aromatic heterocycles. The summed E-state index contributed by atoms with van der Waals surface area (Å²) in [6.45, 7) is 3.05. The first kappa shape index (κ1) is 27.9. The summed E-state index contributed by atoms with van der Waals surface area (Å²) in [5.41, 5.74) is 4.45. The maximum Gasteiger partial charge on any atom is 0.299 e. The zero-order valence-electron chi connectivity index (χ0n) is 22.8.